The van der Waals surface area contributed by atoms with Gasteiger partial charge < -0.3 is 10.2 Å². The molecule has 0 saturated heterocycles. The molecule has 4 heteroatoms. The van der Waals surface area contributed by atoms with Gasteiger partial charge in [-0.2, -0.15) is 0 Å². The summed E-state index contributed by atoms with van der Waals surface area (Å²) in [6, 6.07) is 5.95. The number of nitrogens with zero attached hydrogens (tertiary/aromatic N) is 1. The molecular formula is C15H21NO3. The lowest BCUT2D eigenvalue weighted by molar-refractivity contribution is 0.0894. The Balaban J connectivity index is 2.02. The number of aliphatic hydroxyl groups excluding tert-OH is 2. The smallest absolute Gasteiger partial charge is 0.176 e. The summed E-state index contributed by atoms with van der Waals surface area (Å²) in [7, 11) is 0. The number of aryl methyl sites for hydroxylation is 2. The molecule has 0 spiro atoms. The summed E-state index contributed by atoms with van der Waals surface area (Å²) in [6.07, 6.45) is 3.35. The Morgan fingerprint density at radius 1 is 1.11 bits per heavy atom. The van der Waals surface area contributed by atoms with Gasteiger partial charge in [-0.15, -0.1) is 0 Å². The van der Waals surface area contributed by atoms with Gasteiger partial charge in [0.25, 0.3) is 0 Å². The molecule has 4 nitrogen and oxygen atoms in total. The summed E-state index contributed by atoms with van der Waals surface area (Å²) in [5.41, 5.74) is 3.39. The summed E-state index contributed by atoms with van der Waals surface area (Å²) in [5, 5.41) is 17.9. The minimum atomic E-state index is -0.00251. The van der Waals surface area contributed by atoms with E-state index in [1.165, 1.54) is 17.5 Å². The molecule has 19 heavy (non-hydrogen) atoms. The molecule has 0 aliphatic heterocycles. The Morgan fingerprint density at radius 3 is 2.47 bits per heavy atom. The fraction of sp³-hybridized carbons (Fsp3) is 0.533. The van der Waals surface area contributed by atoms with E-state index in [1.54, 1.807) is 4.90 Å². The number of hydrogen-bond donors (Lipinski definition) is 2. The molecule has 2 rings (SSSR count). The highest BCUT2D eigenvalue weighted by atomic mass is 16.3. The van der Waals surface area contributed by atoms with Crippen molar-refractivity contribution in [2.45, 2.75) is 19.3 Å². The molecule has 0 heterocycles. The number of benzene rings is 1. The van der Waals surface area contributed by atoms with Crippen LogP contribution in [0, 0.1) is 0 Å². The van der Waals surface area contributed by atoms with Gasteiger partial charge in [0.15, 0.2) is 5.78 Å². The van der Waals surface area contributed by atoms with Gasteiger partial charge in [-0.05, 0) is 36.5 Å². The van der Waals surface area contributed by atoms with Crippen molar-refractivity contribution in [1.82, 2.24) is 4.90 Å². The first-order chi connectivity index (χ1) is 9.24. The van der Waals surface area contributed by atoms with Crippen LogP contribution in [0.15, 0.2) is 18.2 Å². The minimum absolute atomic E-state index is 0.00251. The molecule has 1 aliphatic carbocycles. The van der Waals surface area contributed by atoms with Crippen molar-refractivity contribution in [3.63, 3.8) is 0 Å². The molecule has 2 N–H and O–H groups in total. The number of fused-ring (bicyclic) bond motifs is 1. The van der Waals surface area contributed by atoms with Crippen molar-refractivity contribution in [2.24, 2.45) is 0 Å². The van der Waals surface area contributed by atoms with Crippen molar-refractivity contribution in [3.8, 4) is 0 Å². The topological polar surface area (TPSA) is 60.8 Å². The molecule has 1 aromatic carbocycles. The summed E-state index contributed by atoms with van der Waals surface area (Å²) in [5.74, 6) is 0.0524. The van der Waals surface area contributed by atoms with E-state index < -0.39 is 0 Å². The van der Waals surface area contributed by atoms with Crippen LogP contribution in [0.3, 0.4) is 0 Å². The van der Waals surface area contributed by atoms with Gasteiger partial charge in [0.1, 0.15) is 0 Å². The zero-order chi connectivity index (χ0) is 13.7. The van der Waals surface area contributed by atoms with Crippen molar-refractivity contribution in [2.75, 3.05) is 32.8 Å². The van der Waals surface area contributed by atoms with Crippen LogP contribution in [0.1, 0.15) is 27.9 Å². The molecule has 0 amide bonds. The first-order valence-electron chi connectivity index (χ1n) is 6.83. The van der Waals surface area contributed by atoms with E-state index in [-0.39, 0.29) is 25.5 Å². The Kier molecular flexibility index (Phi) is 5.07. The highest BCUT2D eigenvalue weighted by molar-refractivity contribution is 5.97. The Bertz CT molecular complexity index is 439. The van der Waals surface area contributed by atoms with E-state index in [0.29, 0.717) is 13.1 Å². The van der Waals surface area contributed by atoms with E-state index in [9.17, 15) is 4.79 Å². The van der Waals surface area contributed by atoms with E-state index >= 15 is 0 Å². The maximum absolute atomic E-state index is 12.2. The van der Waals surface area contributed by atoms with Crippen LogP contribution >= 0.6 is 0 Å². The molecule has 0 bridgehead atoms. The number of carbonyl (C=O) groups is 1. The Labute approximate surface area is 113 Å². The second-order valence-corrected chi connectivity index (χ2v) is 4.98. The maximum atomic E-state index is 12.2. The second kappa shape index (κ2) is 6.80. The molecule has 0 radical (unpaired) electrons. The average Bonchev–Trinajstić information content (AvgIpc) is 2.86. The number of Topliss-reactive ketones (excluding diaryl/α,β-unsaturated/α-hetero) is 1. The molecule has 0 aromatic heterocycles. The molecule has 0 unspecified atom stereocenters. The van der Waals surface area contributed by atoms with Gasteiger partial charge in [0, 0.05) is 18.7 Å². The second-order valence-electron chi connectivity index (χ2n) is 4.98. The van der Waals surface area contributed by atoms with Crippen LogP contribution in [0.5, 0.6) is 0 Å². The van der Waals surface area contributed by atoms with Crippen molar-refractivity contribution >= 4 is 5.78 Å². The van der Waals surface area contributed by atoms with Crippen LogP contribution in [-0.2, 0) is 12.8 Å². The number of aliphatic hydroxyl groups is 2. The van der Waals surface area contributed by atoms with E-state index in [0.717, 1.165) is 18.4 Å². The number of hydrogen-bond acceptors (Lipinski definition) is 4. The van der Waals surface area contributed by atoms with Gasteiger partial charge in [0.2, 0.25) is 0 Å². The molecule has 1 aliphatic rings. The lowest BCUT2D eigenvalue weighted by atomic mass is 10.0. The molecule has 104 valence electrons. The van der Waals surface area contributed by atoms with Crippen molar-refractivity contribution < 1.29 is 15.0 Å². The van der Waals surface area contributed by atoms with E-state index in [2.05, 4.69) is 6.07 Å². The summed E-state index contributed by atoms with van der Waals surface area (Å²) < 4.78 is 0. The first kappa shape index (κ1) is 14.2. The van der Waals surface area contributed by atoms with Crippen molar-refractivity contribution in [1.29, 1.82) is 0 Å². The fourth-order valence-corrected chi connectivity index (χ4v) is 2.59. The highest BCUT2D eigenvalue weighted by Crippen LogP contribution is 2.23. The molecule has 1 aromatic rings. The fourth-order valence-electron chi connectivity index (χ4n) is 2.59. The third-order valence-corrected chi connectivity index (χ3v) is 3.62. The zero-order valence-corrected chi connectivity index (χ0v) is 11.1. The van der Waals surface area contributed by atoms with Crippen LogP contribution < -0.4 is 0 Å². The normalized spacial score (nSPS) is 13.8. The summed E-state index contributed by atoms with van der Waals surface area (Å²) in [4.78, 5) is 14.0. The SMILES string of the molecule is O=C(CN(CCO)CCO)c1ccc2c(c1)CCC2. The van der Waals surface area contributed by atoms with E-state index in [1.807, 2.05) is 12.1 Å². The van der Waals surface area contributed by atoms with Crippen LogP contribution in [0.25, 0.3) is 0 Å². The zero-order valence-electron chi connectivity index (χ0n) is 11.1. The molecule has 0 atom stereocenters. The minimum Gasteiger partial charge on any atom is -0.395 e. The monoisotopic (exact) mass is 263 g/mol. The lowest BCUT2D eigenvalue weighted by Crippen LogP contribution is -2.34. The van der Waals surface area contributed by atoms with Gasteiger partial charge in [0.05, 0.1) is 19.8 Å². The Hall–Kier alpha value is -1.23. The number of carbonyl (C=O) groups excluding carboxylic acids is 1. The molecule has 0 fully saturated rings. The average molecular weight is 263 g/mol. The van der Waals surface area contributed by atoms with Gasteiger partial charge in [-0.25, -0.2) is 0 Å². The Morgan fingerprint density at radius 2 is 1.79 bits per heavy atom. The number of rotatable bonds is 7. The van der Waals surface area contributed by atoms with E-state index in [4.69, 9.17) is 10.2 Å². The van der Waals surface area contributed by atoms with Crippen molar-refractivity contribution in [3.05, 3.63) is 34.9 Å². The van der Waals surface area contributed by atoms with Crippen LogP contribution in [0.4, 0.5) is 0 Å². The van der Waals surface area contributed by atoms with Gasteiger partial charge in [-0.3, -0.25) is 9.69 Å². The highest BCUT2D eigenvalue weighted by Gasteiger charge is 2.16. The maximum Gasteiger partial charge on any atom is 0.176 e. The third kappa shape index (κ3) is 3.62. The molecular weight excluding hydrogens is 242 g/mol. The standard InChI is InChI=1S/C15H21NO3/c17-8-6-16(7-9-18)11-15(19)14-5-4-12-2-1-3-13(12)10-14/h4-5,10,17-18H,1-3,6-9,11H2. The van der Waals surface area contributed by atoms with Gasteiger partial charge >= 0.3 is 0 Å². The predicted molar refractivity (Wildman–Crippen MR) is 73.4 cm³/mol. The predicted octanol–water partition coefficient (Wildman–Crippen LogP) is 0.645. The summed E-state index contributed by atoms with van der Waals surface area (Å²) >= 11 is 0. The summed E-state index contributed by atoms with van der Waals surface area (Å²) in [6.45, 7) is 1.07. The number of ketones is 1. The van der Waals surface area contributed by atoms with Gasteiger partial charge in [-0.1, -0.05) is 12.1 Å². The quantitative estimate of drug-likeness (QED) is 0.709. The largest absolute Gasteiger partial charge is 0.395 e. The third-order valence-electron chi connectivity index (χ3n) is 3.62. The lowest BCUT2D eigenvalue weighted by Gasteiger charge is -2.19. The van der Waals surface area contributed by atoms with Crippen LogP contribution in [0.2, 0.25) is 0 Å². The molecule has 0 saturated carbocycles. The van der Waals surface area contributed by atoms with Crippen LogP contribution in [-0.4, -0.2) is 53.7 Å². The first-order valence-corrected chi connectivity index (χ1v) is 6.83.